The highest BCUT2D eigenvalue weighted by molar-refractivity contribution is 5.82. The van der Waals surface area contributed by atoms with Crippen molar-refractivity contribution in [1.82, 2.24) is 38.9 Å². The average Bonchev–Trinajstić information content (AvgIpc) is 3.43. The molecule has 5 heterocycles. The van der Waals surface area contributed by atoms with E-state index in [9.17, 15) is 4.79 Å². The number of likely N-dealkylation sites (tertiary alicyclic amines) is 1. The molecule has 10 heteroatoms. The summed E-state index contributed by atoms with van der Waals surface area (Å²) in [5, 5.41) is 4.12. The van der Waals surface area contributed by atoms with Crippen LogP contribution >= 0.6 is 0 Å². The molecule has 1 N–H and O–H groups in total. The van der Waals surface area contributed by atoms with Crippen LogP contribution < -0.4 is 10.9 Å². The van der Waals surface area contributed by atoms with Crippen molar-refractivity contribution >= 4 is 22.7 Å². The molecular formula is C34H41N9O. The lowest BCUT2D eigenvalue weighted by molar-refractivity contribution is 0.209. The summed E-state index contributed by atoms with van der Waals surface area (Å²) in [6.07, 6.45) is 9.17. The molecule has 4 aromatic heterocycles. The summed E-state index contributed by atoms with van der Waals surface area (Å²) in [5.41, 5.74) is 5.55. The van der Waals surface area contributed by atoms with Crippen molar-refractivity contribution in [2.75, 3.05) is 46.1 Å². The monoisotopic (exact) mass is 591 g/mol. The van der Waals surface area contributed by atoms with Gasteiger partial charge in [-0.15, -0.1) is 0 Å². The van der Waals surface area contributed by atoms with Gasteiger partial charge in [-0.1, -0.05) is 12.1 Å². The molecule has 44 heavy (non-hydrogen) atoms. The van der Waals surface area contributed by atoms with Crippen molar-refractivity contribution in [3.8, 4) is 22.8 Å². The molecule has 1 unspecified atom stereocenters. The molecule has 1 aliphatic heterocycles. The van der Waals surface area contributed by atoms with Crippen LogP contribution in [0.15, 0.2) is 65.8 Å². The van der Waals surface area contributed by atoms with E-state index in [1.54, 1.807) is 17.0 Å². The van der Waals surface area contributed by atoms with Gasteiger partial charge in [-0.2, -0.15) is 4.98 Å². The molecule has 5 aromatic rings. The Hall–Kier alpha value is -4.41. The number of benzene rings is 1. The van der Waals surface area contributed by atoms with Crippen molar-refractivity contribution in [3.63, 3.8) is 0 Å². The van der Waals surface area contributed by atoms with Gasteiger partial charge in [0.1, 0.15) is 5.65 Å². The fourth-order valence-electron chi connectivity index (χ4n) is 6.05. The van der Waals surface area contributed by atoms with Gasteiger partial charge < -0.3 is 19.7 Å². The van der Waals surface area contributed by atoms with E-state index < -0.39 is 0 Å². The number of nitrogens with one attached hydrogen (secondary N) is 1. The Morgan fingerprint density at radius 1 is 1.05 bits per heavy atom. The zero-order valence-corrected chi connectivity index (χ0v) is 26.3. The molecule has 228 valence electrons. The normalized spacial score (nSPS) is 15.7. The van der Waals surface area contributed by atoms with Gasteiger partial charge in [0.25, 0.3) is 5.56 Å². The Balaban J connectivity index is 1.32. The summed E-state index contributed by atoms with van der Waals surface area (Å²) in [6, 6.07) is 14.3. The van der Waals surface area contributed by atoms with Crippen LogP contribution in [0.25, 0.3) is 33.8 Å². The molecule has 0 bridgehead atoms. The van der Waals surface area contributed by atoms with Crippen LogP contribution in [-0.2, 0) is 20.0 Å². The number of likely N-dealkylation sites (N-methyl/N-ethyl adjacent to an activating group) is 1. The fourth-order valence-corrected chi connectivity index (χ4v) is 6.05. The summed E-state index contributed by atoms with van der Waals surface area (Å²) in [4.78, 5) is 37.5. The number of hydrogen-bond acceptors (Lipinski definition) is 8. The lowest BCUT2D eigenvalue weighted by Crippen LogP contribution is -2.32. The van der Waals surface area contributed by atoms with Crippen molar-refractivity contribution in [3.05, 3.63) is 82.5 Å². The molecule has 6 rings (SSSR count). The SMILES string of the molecule is Cc1cnc(-c2cccn2C)nc1-c1cc2cnc(Nc3ccc(CC4CCCN(C)C4)cc3)nc2n(CCN(C)C)c1=O. The topological polar surface area (TPSA) is 97.0 Å². The van der Waals surface area contributed by atoms with Crippen molar-refractivity contribution in [2.24, 2.45) is 13.0 Å². The molecule has 0 saturated carbocycles. The highest BCUT2D eigenvalue weighted by Gasteiger charge is 2.19. The number of pyridine rings is 1. The summed E-state index contributed by atoms with van der Waals surface area (Å²) in [7, 11) is 8.16. The van der Waals surface area contributed by atoms with E-state index in [1.165, 1.54) is 24.9 Å². The van der Waals surface area contributed by atoms with Gasteiger partial charge in [-0.25, -0.2) is 15.0 Å². The Morgan fingerprint density at radius 3 is 2.59 bits per heavy atom. The first-order chi connectivity index (χ1) is 21.2. The van der Waals surface area contributed by atoms with Crippen molar-refractivity contribution < 1.29 is 0 Å². The summed E-state index contributed by atoms with van der Waals surface area (Å²) >= 11 is 0. The first kappa shape index (κ1) is 29.7. The number of nitrogens with zero attached hydrogens (tertiary/aromatic N) is 8. The van der Waals surface area contributed by atoms with E-state index in [-0.39, 0.29) is 5.56 Å². The highest BCUT2D eigenvalue weighted by Crippen LogP contribution is 2.26. The van der Waals surface area contributed by atoms with Crippen molar-refractivity contribution in [1.29, 1.82) is 0 Å². The van der Waals surface area contributed by atoms with Gasteiger partial charge in [0.05, 0.1) is 17.0 Å². The second kappa shape index (κ2) is 12.7. The van der Waals surface area contributed by atoms with Gasteiger partial charge in [0.15, 0.2) is 5.82 Å². The van der Waals surface area contributed by atoms with E-state index in [4.69, 9.17) is 9.97 Å². The van der Waals surface area contributed by atoms with Crippen LogP contribution in [0.4, 0.5) is 11.6 Å². The number of aromatic nitrogens is 6. The minimum atomic E-state index is -0.138. The lowest BCUT2D eigenvalue weighted by Gasteiger charge is -2.29. The predicted molar refractivity (Wildman–Crippen MR) is 176 cm³/mol. The molecule has 1 saturated heterocycles. The van der Waals surface area contributed by atoms with E-state index >= 15 is 0 Å². The molecule has 10 nitrogen and oxygen atoms in total. The maximum atomic E-state index is 14.1. The van der Waals surface area contributed by atoms with Crippen LogP contribution in [-0.4, -0.2) is 79.6 Å². The fraction of sp³-hybridized carbons (Fsp3) is 0.382. The molecule has 1 aromatic carbocycles. The van der Waals surface area contributed by atoms with E-state index in [1.807, 2.05) is 57.0 Å². The van der Waals surface area contributed by atoms with Crippen LogP contribution in [0.3, 0.4) is 0 Å². The molecule has 1 fully saturated rings. The van der Waals surface area contributed by atoms with Gasteiger partial charge in [0, 0.05) is 56.3 Å². The number of hydrogen-bond donors (Lipinski definition) is 1. The molecule has 1 atom stereocenters. The summed E-state index contributed by atoms with van der Waals surface area (Å²) < 4.78 is 3.71. The van der Waals surface area contributed by atoms with Gasteiger partial charge in [-0.05, 0) is 101 Å². The maximum Gasteiger partial charge on any atom is 0.261 e. The molecular weight excluding hydrogens is 550 g/mol. The third kappa shape index (κ3) is 6.41. The number of piperidine rings is 1. The van der Waals surface area contributed by atoms with Gasteiger partial charge >= 0.3 is 0 Å². The quantitative estimate of drug-likeness (QED) is 0.262. The number of fused-ring (bicyclic) bond motifs is 1. The van der Waals surface area contributed by atoms with Crippen LogP contribution in [0.1, 0.15) is 24.0 Å². The third-order valence-electron chi connectivity index (χ3n) is 8.45. The van der Waals surface area contributed by atoms with E-state index in [0.29, 0.717) is 47.7 Å². The highest BCUT2D eigenvalue weighted by atomic mass is 16.1. The number of rotatable bonds is 9. The van der Waals surface area contributed by atoms with Crippen LogP contribution in [0, 0.1) is 12.8 Å². The van der Waals surface area contributed by atoms with Gasteiger partial charge in [-0.3, -0.25) is 9.36 Å². The first-order valence-corrected chi connectivity index (χ1v) is 15.3. The zero-order valence-electron chi connectivity index (χ0n) is 26.3. The van der Waals surface area contributed by atoms with E-state index in [2.05, 4.69) is 56.4 Å². The predicted octanol–water partition coefficient (Wildman–Crippen LogP) is 4.75. The largest absolute Gasteiger partial charge is 0.348 e. The Bertz CT molecular complexity index is 1820. The van der Waals surface area contributed by atoms with Gasteiger partial charge in [0.2, 0.25) is 5.95 Å². The van der Waals surface area contributed by atoms with Crippen molar-refractivity contribution in [2.45, 2.75) is 32.7 Å². The molecule has 0 aliphatic carbocycles. The van der Waals surface area contributed by atoms with Crippen LogP contribution in [0.2, 0.25) is 0 Å². The number of aryl methyl sites for hydroxylation is 2. The van der Waals surface area contributed by atoms with Crippen LogP contribution in [0.5, 0.6) is 0 Å². The maximum absolute atomic E-state index is 14.1. The summed E-state index contributed by atoms with van der Waals surface area (Å²) in [6.45, 7) is 5.45. The summed E-state index contributed by atoms with van der Waals surface area (Å²) in [5.74, 6) is 1.73. The second-order valence-electron chi connectivity index (χ2n) is 12.3. The Labute approximate surface area is 258 Å². The molecule has 0 radical (unpaired) electrons. The Kier molecular flexibility index (Phi) is 8.54. The minimum absolute atomic E-state index is 0.138. The zero-order chi connectivity index (χ0) is 30.8. The molecule has 0 amide bonds. The standard InChI is InChI=1S/C34H41N9O/c1-23-20-35-31(29-9-7-15-42(29)5)38-30(23)28-19-26-21-36-34(39-32(26)43(33(28)44)17-16-40(2)3)37-27-12-10-24(11-13-27)18-25-8-6-14-41(4)22-25/h7,9-13,15,19-21,25H,6,8,14,16-18,22H2,1-5H3,(H,36,37,39). The third-order valence-corrected chi connectivity index (χ3v) is 8.45. The number of anilines is 2. The second-order valence-corrected chi connectivity index (χ2v) is 12.3. The molecule has 0 spiro atoms. The lowest BCUT2D eigenvalue weighted by atomic mass is 9.91. The first-order valence-electron chi connectivity index (χ1n) is 15.3. The molecule has 1 aliphatic rings. The minimum Gasteiger partial charge on any atom is -0.348 e. The smallest absolute Gasteiger partial charge is 0.261 e. The average molecular weight is 592 g/mol. The Morgan fingerprint density at radius 2 is 1.86 bits per heavy atom. The van der Waals surface area contributed by atoms with E-state index in [0.717, 1.165) is 35.3 Å².